The molecule has 1 atom stereocenters. The van der Waals surface area contributed by atoms with Crippen molar-refractivity contribution in [2.45, 2.75) is 18.2 Å². The van der Waals surface area contributed by atoms with Crippen LogP contribution in [0.1, 0.15) is 12.1 Å². The van der Waals surface area contributed by atoms with E-state index in [1.807, 2.05) is 0 Å². The Morgan fingerprint density at radius 2 is 2.04 bits per heavy atom. The normalized spacial score (nSPS) is 12.8. The Labute approximate surface area is 153 Å². The number of amides is 1. The number of halogens is 2. The summed E-state index contributed by atoms with van der Waals surface area (Å²) in [7, 11) is -3.53. The van der Waals surface area contributed by atoms with E-state index in [-0.39, 0.29) is 24.8 Å². The van der Waals surface area contributed by atoms with Crippen LogP contribution in [0.3, 0.4) is 0 Å². The first-order valence-electron chi connectivity index (χ1n) is 7.27. The first-order chi connectivity index (χ1) is 11.7. The minimum absolute atomic E-state index is 0.101. The third-order valence-electron chi connectivity index (χ3n) is 3.29. The molecule has 25 heavy (non-hydrogen) atoms. The van der Waals surface area contributed by atoms with Gasteiger partial charge in [0, 0.05) is 0 Å². The van der Waals surface area contributed by atoms with Gasteiger partial charge in [-0.05, 0) is 37.6 Å². The molecule has 7 nitrogen and oxygen atoms in total. The van der Waals surface area contributed by atoms with Gasteiger partial charge in [0.15, 0.2) is 0 Å². The van der Waals surface area contributed by atoms with Crippen LogP contribution in [0.4, 0.5) is 10.1 Å². The highest BCUT2D eigenvalue weighted by Gasteiger charge is 2.18. The predicted octanol–water partition coefficient (Wildman–Crippen LogP) is 2.39. The van der Waals surface area contributed by atoms with Gasteiger partial charge in [-0.2, -0.15) is 13.5 Å². The van der Waals surface area contributed by atoms with Crippen LogP contribution in [-0.2, 0) is 19.1 Å². The van der Waals surface area contributed by atoms with Gasteiger partial charge in [-0.3, -0.25) is 8.98 Å². The Morgan fingerprint density at radius 1 is 1.40 bits per heavy atom. The summed E-state index contributed by atoms with van der Waals surface area (Å²) in [6, 6.07) is 5.81. The first-order valence-corrected chi connectivity index (χ1v) is 10.0. The largest absolute Gasteiger partial charge is 0.322 e. The van der Waals surface area contributed by atoms with E-state index in [0.29, 0.717) is 17.1 Å². The van der Waals surface area contributed by atoms with Crippen LogP contribution < -0.4 is 5.32 Å². The number of nitrogens with zero attached hydrogens (tertiary/aromatic N) is 2. The number of anilines is 1. The average Bonchev–Trinajstić information content (AvgIpc) is 2.88. The van der Waals surface area contributed by atoms with Gasteiger partial charge in [0.1, 0.15) is 5.82 Å². The van der Waals surface area contributed by atoms with Crippen LogP contribution in [0.15, 0.2) is 30.5 Å². The van der Waals surface area contributed by atoms with Crippen molar-refractivity contribution in [3.8, 4) is 5.69 Å². The molecule has 0 spiro atoms. The Balaban J connectivity index is 2.00. The fraction of sp³-hybridized carbons (Fsp3) is 0.333. The minimum atomic E-state index is -3.53. The molecule has 136 valence electrons. The molecule has 0 bridgehead atoms. The summed E-state index contributed by atoms with van der Waals surface area (Å²) in [5.41, 5.74) is 1.84. The van der Waals surface area contributed by atoms with E-state index in [1.165, 1.54) is 18.3 Å². The van der Waals surface area contributed by atoms with Gasteiger partial charge in [0.2, 0.25) is 5.91 Å². The van der Waals surface area contributed by atoms with E-state index in [2.05, 4.69) is 30.5 Å². The second-order valence-electron chi connectivity index (χ2n) is 5.30. The summed E-state index contributed by atoms with van der Waals surface area (Å²) in [5, 5.41) is 6.89. The molecular formula is C15H17BrFN3O4S. The topological polar surface area (TPSA) is 90.3 Å². The predicted molar refractivity (Wildman–Crippen MR) is 95.0 cm³/mol. The van der Waals surface area contributed by atoms with Gasteiger partial charge in [-0.1, -0.05) is 15.9 Å². The summed E-state index contributed by atoms with van der Waals surface area (Å²) >= 11 is 3.20. The second kappa shape index (κ2) is 8.07. The van der Waals surface area contributed by atoms with Crippen molar-refractivity contribution in [2.24, 2.45) is 0 Å². The van der Waals surface area contributed by atoms with Crippen LogP contribution in [0, 0.1) is 12.7 Å². The zero-order valence-electron chi connectivity index (χ0n) is 13.6. The number of rotatable bonds is 7. The smallest absolute Gasteiger partial charge is 0.264 e. The fourth-order valence-electron chi connectivity index (χ4n) is 2.02. The van der Waals surface area contributed by atoms with Crippen molar-refractivity contribution < 1.29 is 21.8 Å². The molecular weight excluding hydrogens is 417 g/mol. The van der Waals surface area contributed by atoms with Crippen LogP contribution in [0.2, 0.25) is 0 Å². The summed E-state index contributed by atoms with van der Waals surface area (Å²) < 4.78 is 41.0. The molecule has 2 rings (SSSR count). The van der Waals surface area contributed by atoms with E-state index in [9.17, 15) is 17.6 Å². The Kier molecular flexibility index (Phi) is 6.31. The van der Waals surface area contributed by atoms with Crippen LogP contribution in [-0.4, -0.2) is 41.8 Å². The quantitative estimate of drug-likeness (QED) is 0.534. The van der Waals surface area contributed by atoms with Crippen LogP contribution in [0.25, 0.3) is 5.69 Å². The number of benzene rings is 1. The van der Waals surface area contributed by atoms with E-state index in [4.69, 9.17) is 0 Å². The van der Waals surface area contributed by atoms with E-state index < -0.39 is 14.9 Å². The van der Waals surface area contributed by atoms with Crippen molar-refractivity contribution >= 4 is 37.6 Å². The molecule has 1 aromatic carbocycles. The van der Waals surface area contributed by atoms with Crippen molar-refractivity contribution in [2.75, 3.05) is 18.2 Å². The molecule has 1 N–H and O–H groups in total. The third-order valence-corrected chi connectivity index (χ3v) is 4.76. The zero-order chi connectivity index (χ0) is 18.6. The molecule has 1 unspecified atom stereocenters. The summed E-state index contributed by atoms with van der Waals surface area (Å²) in [4.78, 5) is 11.5. The highest BCUT2D eigenvalue weighted by molar-refractivity contribution is 9.10. The van der Waals surface area contributed by atoms with Gasteiger partial charge in [0.05, 0.1) is 41.0 Å². The van der Waals surface area contributed by atoms with Crippen molar-refractivity contribution in [1.29, 1.82) is 0 Å². The molecule has 0 saturated carbocycles. The number of carbonyl (C=O) groups excluding carboxylic acids is 1. The van der Waals surface area contributed by atoms with Gasteiger partial charge < -0.3 is 5.32 Å². The SMILES string of the molecule is Cc1c(NC(=O)C(Br)CCOS(C)(=O)=O)cnn1-c1ccc(F)cc1. The number of alkyl halides is 1. The third kappa shape index (κ3) is 5.62. The van der Waals surface area contributed by atoms with Gasteiger partial charge in [0.25, 0.3) is 10.1 Å². The maximum atomic E-state index is 13.0. The van der Waals surface area contributed by atoms with Gasteiger partial charge >= 0.3 is 0 Å². The van der Waals surface area contributed by atoms with Crippen molar-refractivity contribution in [1.82, 2.24) is 9.78 Å². The maximum Gasteiger partial charge on any atom is 0.264 e. The second-order valence-corrected chi connectivity index (χ2v) is 8.05. The average molecular weight is 434 g/mol. The van der Waals surface area contributed by atoms with E-state index in [1.54, 1.807) is 23.7 Å². The maximum absolute atomic E-state index is 13.0. The number of nitrogens with one attached hydrogen (secondary N) is 1. The lowest BCUT2D eigenvalue weighted by molar-refractivity contribution is -0.115. The molecule has 0 radical (unpaired) electrons. The fourth-order valence-corrected chi connectivity index (χ4v) is 2.72. The molecule has 0 aliphatic rings. The molecule has 1 heterocycles. The van der Waals surface area contributed by atoms with E-state index in [0.717, 1.165) is 6.26 Å². The van der Waals surface area contributed by atoms with Crippen molar-refractivity contribution in [3.63, 3.8) is 0 Å². The summed E-state index contributed by atoms with van der Waals surface area (Å²) in [5.74, 6) is -0.695. The summed E-state index contributed by atoms with van der Waals surface area (Å²) in [6.07, 6.45) is 2.62. The first kappa shape index (κ1) is 19.5. The number of aromatic nitrogens is 2. The number of carbonyl (C=O) groups is 1. The van der Waals surface area contributed by atoms with Crippen molar-refractivity contribution in [3.05, 3.63) is 42.0 Å². The number of hydrogen-bond acceptors (Lipinski definition) is 5. The van der Waals surface area contributed by atoms with E-state index >= 15 is 0 Å². The lowest BCUT2D eigenvalue weighted by Gasteiger charge is -2.11. The highest BCUT2D eigenvalue weighted by atomic mass is 79.9. The highest BCUT2D eigenvalue weighted by Crippen LogP contribution is 2.20. The molecule has 0 saturated heterocycles. The van der Waals surface area contributed by atoms with Gasteiger partial charge in [-0.25, -0.2) is 9.07 Å². The monoisotopic (exact) mass is 433 g/mol. The van der Waals surface area contributed by atoms with Crippen LogP contribution in [0.5, 0.6) is 0 Å². The molecule has 10 heteroatoms. The zero-order valence-corrected chi connectivity index (χ0v) is 16.0. The Morgan fingerprint density at radius 3 is 2.64 bits per heavy atom. The molecule has 0 aliphatic heterocycles. The van der Waals surface area contributed by atoms with Crippen LogP contribution >= 0.6 is 15.9 Å². The lowest BCUT2D eigenvalue weighted by atomic mass is 10.3. The molecule has 0 fully saturated rings. The minimum Gasteiger partial charge on any atom is -0.322 e. The Hall–Kier alpha value is -1.78. The standard InChI is InChI=1S/C15H17BrFN3O4S/c1-10-14(9-18-20(10)12-5-3-11(17)4-6-12)19-15(21)13(16)7-8-24-25(2,22)23/h3-6,9,13H,7-8H2,1-2H3,(H,19,21). The molecule has 0 aliphatic carbocycles. The lowest BCUT2D eigenvalue weighted by Crippen LogP contribution is -2.24. The summed E-state index contributed by atoms with van der Waals surface area (Å²) in [6.45, 7) is 1.66. The Bertz CT molecular complexity index is 852. The number of hydrogen-bond donors (Lipinski definition) is 1. The molecule has 2 aromatic rings. The molecule has 1 aromatic heterocycles. The molecule has 1 amide bonds. The van der Waals surface area contributed by atoms with Gasteiger partial charge in [-0.15, -0.1) is 0 Å².